The third-order valence-electron chi connectivity index (χ3n) is 2.34. The highest BCUT2D eigenvalue weighted by Gasteiger charge is 2.36. The van der Waals surface area contributed by atoms with Crippen LogP contribution >= 0.6 is 0 Å². The van der Waals surface area contributed by atoms with Gasteiger partial charge in [0.25, 0.3) is 5.69 Å². The molecule has 7 nitrogen and oxygen atoms in total. The molecule has 0 aliphatic rings. The number of rotatable bonds is 3. The lowest BCUT2D eigenvalue weighted by molar-refractivity contribution is -0.384. The highest BCUT2D eigenvalue weighted by molar-refractivity contribution is 5.40. The number of hydrogen-bond acceptors (Lipinski definition) is 6. The maximum Gasteiger partial charge on any atom is 0.423 e. The second-order valence-electron chi connectivity index (χ2n) is 3.80. The lowest BCUT2D eigenvalue weighted by Crippen LogP contribution is -2.10. The number of nitrogen functional groups attached to an aromatic ring is 1. The Morgan fingerprint density at radius 1 is 1.24 bits per heavy atom. The number of benzene rings is 1. The molecule has 0 bridgehead atoms. The van der Waals surface area contributed by atoms with Crippen molar-refractivity contribution < 1.29 is 22.8 Å². The highest BCUT2D eigenvalue weighted by atomic mass is 19.4. The molecule has 1 aromatic heterocycles. The summed E-state index contributed by atoms with van der Waals surface area (Å²) in [4.78, 5) is 16.5. The van der Waals surface area contributed by atoms with E-state index in [0.717, 1.165) is 24.3 Å². The van der Waals surface area contributed by atoms with Gasteiger partial charge in [0.2, 0.25) is 11.8 Å². The quantitative estimate of drug-likeness (QED) is 0.690. The van der Waals surface area contributed by atoms with Crippen LogP contribution in [0.4, 0.5) is 24.8 Å². The predicted molar refractivity (Wildman–Crippen MR) is 64.6 cm³/mol. The van der Waals surface area contributed by atoms with Crippen molar-refractivity contribution in [1.82, 2.24) is 9.97 Å². The zero-order valence-corrected chi connectivity index (χ0v) is 10.2. The van der Waals surface area contributed by atoms with Gasteiger partial charge in [-0.1, -0.05) is 0 Å². The number of anilines is 1. The van der Waals surface area contributed by atoms with Crippen molar-refractivity contribution >= 4 is 11.6 Å². The molecule has 2 N–H and O–H groups in total. The molecule has 0 unspecified atom stereocenters. The normalized spacial score (nSPS) is 11.2. The van der Waals surface area contributed by atoms with Gasteiger partial charge in [0, 0.05) is 18.3 Å². The third kappa shape index (κ3) is 3.35. The van der Waals surface area contributed by atoms with E-state index < -0.39 is 22.5 Å². The van der Waals surface area contributed by atoms with E-state index in [-0.39, 0.29) is 17.4 Å². The summed E-state index contributed by atoms with van der Waals surface area (Å²) in [5, 5.41) is 10.5. The largest absolute Gasteiger partial charge is 0.438 e. The fourth-order valence-electron chi connectivity index (χ4n) is 1.40. The number of halogens is 3. The molecule has 0 atom stereocenters. The maximum atomic E-state index is 12.8. The van der Waals surface area contributed by atoms with Crippen molar-refractivity contribution in [1.29, 1.82) is 0 Å². The monoisotopic (exact) mass is 300 g/mol. The summed E-state index contributed by atoms with van der Waals surface area (Å²) < 4.78 is 43.3. The Morgan fingerprint density at radius 2 is 1.86 bits per heavy atom. The summed E-state index contributed by atoms with van der Waals surface area (Å²) in [6, 6.07) is 4.48. The third-order valence-corrected chi connectivity index (χ3v) is 2.34. The molecule has 2 aromatic rings. The molecule has 1 aromatic carbocycles. The molecule has 2 rings (SSSR count). The summed E-state index contributed by atoms with van der Waals surface area (Å²) in [5.41, 5.74) is 3.81. The van der Waals surface area contributed by atoms with Crippen molar-refractivity contribution in [3.05, 3.63) is 46.1 Å². The van der Waals surface area contributed by atoms with Gasteiger partial charge in [0.15, 0.2) is 0 Å². The topological polar surface area (TPSA) is 104 Å². The maximum absolute atomic E-state index is 12.8. The number of nitrogens with two attached hydrogens (primary N) is 1. The lowest BCUT2D eigenvalue weighted by Gasteiger charge is -2.12. The SMILES string of the molecule is Nc1ncc(C(F)(F)F)c(Oc2ccc([N+](=O)[O-])cc2)n1. The van der Waals surface area contributed by atoms with Gasteiger partial charge in [-0.15, -0.1) is 0 Å². The number of nitro benzene ring substituents is 1. The smallest absolute Gasteiger partial charge is 0.423 e. The van der Waals surface area contributed by atoms with E-state index in [4.69, 9.17) is 10.5 Å². The summed E-state index contributed by atoms with van der Waals surface area (Å²) in [6.07, 6.45) is -4.22. The van der Waals surface area contributed by atoms with Gasteiger partial charge >= 0.3 is 6.18 Å². The van der Waals surface area contributed by atoms with Crippen LogP contribution in [0.1, 0.15) is 5.56 Å². The Labute approximate surface area is 115 Å². The Kier molecular flexibility index (Phi) is 3.61. The van der Waals surface area contributed by atoms with Crippen LogP contribution in [0.5, 0.6) is 11.6 Å². The lowest BCUT2D eigenvalue weighted by atomic mass is 10.3. The minimum Gasteiger partial charge on any atom is -0.438 e. The predicted octanol–water partition coefficient (Wildman–Crippen LogP) is 2.78. The molecule has 0 saturated heterocycles. The van der Waals surface area contributed by atoms with E-state index in [2.05, 4.69) is 9.97 Å². The molecule has 0 fully saturated rings. The molecular formula is C11H7F3N4O3. The fraction of sp³-hybridized carbons (Fsp3) is 0.0909. The van der Waals surface area contributed by atoms with Gasteiger partial charge in [0.05, 0.1) is 4.92 Å². The van der Waals surface area contributed by atoms with Crippen molar-refractivity contribution in [2.45, 2.75) is 6.18 Å². The van der Waals surface area contributed by atoms with Gasteiger partial charge in [-0.3, -0.25) is 10.1 Å². The second kappa shape index (κ2) is 5.23. The second-order valence-corrected chi connectivity index (χ2v) is 3.80. The summed E-state index contributed by atoms with van der Waals surface area (Å²) >= 11 is 0. The van der Waals surface area contributed by atoms with Gasteiger partial charge in [-0.25, -0.2) is 4.98 Å². The van der Waals surface area contributed by atoms with Crippen LogP contribution in [0.15, 0.2) is 30.5 Å². The molecule has 0 aliphatic heterocycles. The molecule has 0 aliphatic carbocycles. The van der Waals surface area contributed by atoms with Crippen LogP contribution < -0.4 is 10.5 Å². The number of non-ortho nitro benzene ring substituents is 1. The van der Waals surface area contributed by atoms with Crippen LogP contribution in [-0.4, -0.2) is 14.9 Å². The minimum absolute atomic E-state index is 0.0517. The fourth-order valence-corrected chi connectivity index (χ4v) is 1.40. The van der Waals surface area contributed by atoms with E-state index in [1.165, 1.54) is 0 Å². The highest BCUT2D eigenvalue weighted by Crippen LogP contribution is 2.36. The summed E-state index contributed by atoms with van der Waals surface area (Å²) in [5.74, 6) is -1.21. The first-order valence-corrected chi connectivity index (χ1v) is 5.39. The molecule has 0 amide bonds. The molecule has 21 heavy (non-hydrogen) atoms. The molecule has 110 valence electrons. The first-order chi connectivity index (χ1) is 9.77. The zero-order chi connectivity index (χ0) is 15.6. The van der Waals surface area contributed by atoms with Gasteiger partial charge in [0.1, 0.15) is 11.3 Å². The van der Waals surface area contributed by atoms with Gasteiger partial charge in [-0.05, 0) is 12.1 Å². The number of nitrogens with zero attached hydrogens (tertiary/aromatic N) is 3. The van der Waals surface area contributed by atoms with Crippen LogP contribution in [0, 0.1) is 10.1 Å². The average molecular weight is 300 g/mol. The van der Waals surface area contributed by atoms with E-state index in [1.807, 2.05) is 0 Å². The molecule has 1 heterocycles. The molecular weight excluding hydrogens is 293 g/mol. The minimum atomic E-state index is -4.72. The average Bonchev–Trinajstić information content (AvgIpc) is 2.38. The Bertz CT molecular complexity index is 673. The van der Waals surface area contributed by atoms with Crippen molar-refractivity contribution in [2.24, 2.45) is 0 Å². The van der Waals surface area contributed by atoms with Gasteiger partial charge in [-0.2, -0.15) is 18.2 Å². The number of ether oxygens (including phenoxy) is 1. The molecule has 10 heteroatoms. The van der Waals surface area contributed by atoms with E-state index in [0.29, 0.717) is 6.20 Å². The van der Waals surface area contributed by atoms with Crippen molar-refractivity contribution in [3.63, 3.8) is 0 Å². The van der Waals surface area contributed by atoms with E-state index in [9.17, 15) is 23.3 Å². The number of hydrogen-bond donors (Lipinski definition) is 1. The standard InChI is InChI=1S/C11H7F3N4O3/c12-11(13,14)8-5-16-10(15)17-9(8)21-7-3-1-6(2-4-7)18(19)20/h1-5H,(H2,15,16,17). The van der Waals surface area contributed by atoms with Crippen LogP contribution in [-0.2, 0) is 6.18 Å². The molecule has 0 saturated carbocycles. The molecule has 0 radical (unpaired) electrons. The van der Waals surface area contributed by atoms with Crippen LogP contribution in [0.3, 0.4) is 0 Å². The van der Waals surface area contributed by atoms with Crippen molar-refractivity contribution in [3.8, 4) is 11.6 Å². The summed E-state index contributed by atoms with van der Waals surface area (Å²) in [7, 11) is 0. The van der Waals surface area contributed by atoms with Crippen molar-refractivity contribution in [2.75, 3.05) is 5.73 Å². The zero-order valence-electron chi connectivity index (χ0n) is 10.2. The first kappa shape index (κ1) is 14.5. The number of alkyl halides is 3. The first-order valence-electron chi connectivity index (χ1n) is 5.39. The van der Waals surface area contributed by atoms with E-state index in [1.54, 1.807) is 0 Å². The number of nitro groups is 1. The van der Waals surface area contributed by atoms with E-state index >= 15 is 0 Å². The Morgan fingerprint density at radius 3 is 2.38 bits per heavy atom. The molecule has 0 spiro atoms. The van der Waals surface area contributed by atoms with Crippen LogP contribution in [0.2, 0.25) is 0 Å². The summed E-state index contributed by atoms with van der Waals surface area (Å²) in [6.45, 7) is 0. The van der Waals surface area contributed by atoms with Gasteiger partial charge < -0.3 is 10.5 Å². The Hall–Kier alpha value is -2.91. The van der Waals surface area contributed by atoms with Crippen LogP contribution in [0.25, 0.3) is 0 Å². The Balaban J connectivity index is 2.34. The number of aromatic nitrogens is 2.